The van der Waals surface area contributed by atoms with E-state index >= 15 is 0 Å². The van der Waals surface area contributed by atoms with Gasteiger partial charge in [-0.2, -0.15) is 0 Å². The second-order valence-electron chi connectivity index (χ2n) is 5.44. The van der Waals surface area contributed by atoms with Crippen molar-refractivity contribution in [3.8, 4) is 0 Å². The molecule has 0 radical (unpaired) electrons. The molecule has 0 saturated carbocycles. The van der Waals surface area contributed by atoms with Crippen molar-refractivity contribution < 1.29 is 9.84 Å². The van der Waals surface area contributed by atoms with Gasteiger partial charge in [0, 0.05) is 17.5 Å². The summed E-state index contributed by atoms with van der Waals surface area (Å²) >= 11 is 1.73. The highest BCUT2D eigenvalue weighted by Crippen LogP contribution is 2.21. The van der Waals surface area contributed by atoms with Crippen LogP contribution in [0.15, 0.2) is 47.8 Å². The number of halogens is 1. The van der Waals surface area contributed by atoms with Crippen LogP contribution in [0.3, 0.4) is 0 Å². The third kappa shape index (κ3) is 6.61. The first-order chi connectivity index (χ1) is 10.7. The second-order valence-corrected chi connectivity index (χ2v) is 6.42. The molecule has 23 heavy (non-hydrogen) atoms. The zero-order valence-electron chi connectivity index (χ0n) is 13.6. The molecule has 0 amide bonds. The molecular formula is C18H26ClNO2S. The average Bonchev–Trinajstić information content (AvgIpc) is 3.09. The van der Waals surface area contributed by atoms with Crippen molar-refractivity contribution in [2.75, 3.05) is 13.2 Å². The van der Waals surface area contributed by atoms with Gasteiger partial charge in [0.15, 0.2) is 0 Å². The van der Waals surface area contributed by atoms with Gasteiger partial charge in [-0.15, -0.1) is 23.7 Å². The minimum Gasteiger partial charge on any atom is -0.389 e. The lowest BCUT2D eigenvalue weighted by molar-refractivity contribution is -0.0120. The van der Waals surface area contributed by atoms with E-state index in [9.17, 15) is 5.11 Å². The van der Waals surface area contributed by atoms with Crippen LogP contribution in [-0.2, 0) is 4.74 Å². The number of aliphatic hydroxyl groups excluding tert-OH is 1. The highest BCUT2D eigenvalue weighted by atomic mass is 35.5. The summed E-state index contributed by atoms with van der Waals surface area (Å²) in [4.78, 5) is 1.28. The van der Waals surface area contributed by atoms with E-state index in [-0.39, 0.29) is 24.6 Å². The van der Waals surface area contributed by atoms with Crippen LogP contribution in [0.25, 0.3) is 0 Å². The molecule has 0 aliphatic carbocycles. The molecule has 3 atom stereocenters. The largest absolute Gasteiger partial charge is 0.389 e. The second kappa shape index (κ2) is 10.8. The maximum atomic E-state index is 10.1. The predicted molar refractivity (Wildman–Crippen MR) is 99.4 cm³/mol. The summed E-state index contributed by atoms with van der Waals surface area (Å²) in [5.41, 5.74) is 1.16. The highest BCUT2D eigenvalue weighted by Gasteiger charge is 2.14. The lowest BCUT2D eigenvalue weighted by Gasteiger charge is -2.20. The fraction of sp³-hybridized carbons (Fsp3) is 0.444. The van der Waals surface area contributed by atoms with Crippen LogP contribution >= 0.6 is 23.7 Å². The number of ether oxygens (including phenoxy) is 1. The Hall–Kier alpha value is -0.910. The van der Waals surface area contributed by atoms with Gasteiger partial charge in [0.2, 0.25) is 0 Å². The molecule has 3 unspecified atom stereocenters. The summed E-state index contributed by atoms with van der Waals surface area (Å²) in [6, 6.07) is 14.6. The smallest absolute Gasteiger partial charge is 0.0898 e. The van der Waals surface area contributed by atoms with Crippen molar-refractivity contribution in [1.29, 1.82) is 0 Å². The Morgan fingerprint density at radius 1 is 1.17 bits per heavy atom. The van der Waals surface area contributed by atoms with Gasteiger partial charge in [-0.05, 0) is 30.4 Å². The first kappa shape index (κ1) is 20.1. The highest BCUT2D eigenvalue weighted by molar-refractivity contribution is 7.10. The standard InChI is InChI=1S/C18H25NO2S.ClH/c1-3-17(15-8-5-4-6-9-15)21-13-16(20)12-19-14(2)18-10-7-11-22-18;/h4-11,14,16-17,19-20H,3,12-13H2,1-2H3;1H. The summed E-state index contributed by atoms with van der Waals surface area (Å²) in [7, 11) is 0. The Bertz CT molecular complexity index is 521. The van der Waals surface area contributed by atoms with E-state index in [1.54, 1.807) is 11.3 Å². The van der Waals surface area contributed by atoms with Crippen LogP contribution in [0, 0.1) is 0 Å². The summed E-state index contributed by atoms with van der Waals surface area (Å²) in [5, 5.41) is 15.5. The fourth-order valence-corrected chi connectivity index (χ4v) is 3.11. The minimum absolute atomic E-state index is 0. The van der Waals surface area contributed by atoms with Gasteiger partial charge in [0.05, 0.1) is 18.8 Å². The van der Waals surface area contributed by atoms with E-state index in [4.69, 9.17) is 4.74 Å². The molecule has 5 heteroatoms. The molecule has 3 nitrogen and oxygen atoms in total. The fourth-order valence-electron chi connectivity index (χ4n) is 2.35. The lowest BCUT2D eigenvalue weighted by atomic mass is 10.1. The normalized spacial score (nSPS) is 14.7. The first-order valence-electron chi connectivity index (χ1n) is 7.82. The van der Waals surface area contributed by atoms with Crippen LogP contribution < -0.4 is 5.32 Å². The molecule has 0 aliphatic heterocycles. The third-order valence-corrected chi connectivity index (χ3v) is 4.72. The number of hydrogen-bond donors (Lipinski definition) is 2. The zero-order chi connectivity index (χ0) is 15.8. The summed E-state index contributed by atoms with van der Waals surface area (Å²) in [6.07, 6.45) is 0.446. The molecule has 0 bridgehead atoms. The van der Waals surface area contributed by atoms with E-state index < -0.39 is 6.10 Å². The summed E-state index contributed by atoms with van der Waals surface area (Å²) in [5.74, 6) is 0. The Labute approximate surface area is 149 Å². The molecule has 1 aromatic heterocycles. The van der Waals surface area contributed by atoms with Crippen LogP contribution in [-0.4, -0.2) is 24.4 Å². The van der Waals surface area contributed by atoms with Crippen molar-refractivity contribution in [2.45, 2.75) is 38.5 Å². The van der Waals surface area contributed by atoms with E-state index in [0.717, 1.165) is 12.0 Å². The van der Waals surface area contributed by atoms with Gasteiger partial charge in [-0.3, -0.25) is 0 Å². The number of aliphatic hydroxyl groups is 1. The molecule has 2 N–H and O–H groups in total. The summed E-state index contributed by atoms with van der Waals surface area (Å²) < 4.78 is 5.87. The van der Waals surface area contributed by atoms with Crippen LogP contribution in [0.4, 0.5) is 0 Å². The molecule has 2 aromatic rings. The topological polar surface area (TPSA) is 41.5 Å². The van der Waals surface area contributed by atoms with Crippen LogP contribution in [0.2, 0.25) is 0 Å². The molecule has 0 saturated heterocycles. The number of benzene rings is 1. The van der Waals surface area contributed by atoms with Gasteiger partial charge >= 0.3 is 0 Å². The quantitative estimate of drug-likeness (QED) is 0.702. The van der Waals surface area contributed by atoms with Crippen molar-refractivity contribution in [1.82, 2.24) is 5.32 Å². The summed E-state index contributed by atoms with van der Waals surface area (Å²) in [6.45, 7) is 5.08. The van der Waals surface area contributed by atoms with E-state index in [1.807, 2.05) is 24.3 Å². The van der Waals surface area contributed by atoms with E-state index in [0.29, 0.717) is 13.2 Å². The zero-order valence-corrected chi connectivity index (χ0v) is 15.3. The molecule has 1 aromatic carbocycles. The Morgan fingerprint density at radius 2 is 1.91 bits per heavy atom. The number of rotatable bonds is 9. The first-order valence-corrected chi connectivity index (χ1v) is 8.70. The average molecular weight is 356 g/mol. The van der Waals surface area contributed by atoms with Crippen molar-refractivity contribution in [3.63, 3.8) is 0 Å². The van der Waals surface area contributed by atoms with Gasteiger partial charge in [-0.1, -0.05) is 43.3 Å². The maximum Gasteiger partial charge on any atom is 0.0898 e. The van der Waals surface area contributed by atoms with E-state index in [1.165, 1.54) is 4.88 Å². The molecule has 0 fully saturated rings. The molecular weight excluding hydrogens is 330 g/mol. The van der Waals surface area contributed by atoms with Crippen LogP contribution in [0.5, 0.6) is 0 Å². The molecule has 2 rings (SSSR count). The SMILES string of the molecule is CCC(OCC(O)CNC(C)c1cccs1)c1ccccc1.Cl. The van der Waals surface area contributed by atoms with Gasteiger partial charge in [0.1, 0.15) is 0 Å². The van der Waals surface area contributed by atoms with Crippen LogP contribution in [0.1, 0.15) is 42.9 Å². The number of nitrogens with one attached hydrogen (secondary N) is 1. The molecule has 0 aliphatic rings. The third-order valence-electron chi connectivity index (χ3n) is 3.66. The predicted octanol–water partition coefficient (Wildman–Crippen LogP) is 4.35. The molecule has 0 spiro atoms. The Morgan fingerprint density at radius 3 is 2.52 bits per heavy atom. The van der Waals surface area contributed by atoms with Gasteiger partial charge in [-0.25, -0.2) is 0 Å². The lowest BCUT2D eigenvalue weighted by Crippen LogP contribution is -2.32. The van der Waals surface area contributed by atoms with E-state index in [2.05, 4.69) is 42.7 Å². The Kier molecular flexibility index (Phi) is 9.44. The molecule has 128 valence electrons. The van der Waals surface area contributed by atoms with Gasteiger partial charge in [0.25, 0.3) is 0 Å². The van der Waals surface area contributed by atoms with Crippen molar-refractivity contribution >= 4 is 23.7 Å². The van der Waals surface area contributed by atoms with Crippen molar-refractivity contribution in [2.24, 2.45) is 0 Å². The van der Waals surface area contributed by atoms with Gasteiger partial charge < -0.3 is 15.2 Å². The number of hydrogen-bond acceptors (Lipinski definition) is 4. The minimum atomic E-state index is -0.500. The maximum absolute atomic E-state index is 10.1. The number of thiophene rings is 1. The molecule has 1 heterocycles. The monoisotopic (exact) mass is 355 g/mol. The Balaban J connectivity index is 0.00000264. The van der Waals surface area contributed by atoms with Crippen molar-refractivity contribution in [3.05, 3.63) is 58.3 Å².